The van der Waals surface area contributed by atoms with Crippen molar-refractivity contribution in [2.45, 2.75) is 39.0 Å². The van der Waals surface area contributed by atoms with Crippen LogP contribution in [0.3, 0.4) is 0 Å². The average Bonchev–Trinajstić information content (AvgIpc) is 2.90. The molecule has 4 rings (SSSR count). The highest BCUT2D eigenvalue weighted by Crippen LogP contribution is 2.43. The van der Waals surface area contributed by atoms with Crippen molar-refractivity contribution in [3.8, 4) is 5.75 Å². The predicted molar refractivity (Wildman–Crippen MR) is 141 cm³/mol. The number of anilines is 1. The van der Waals surface area contributed by atoms with Crippen molar-refractivity contribution >= 4 is 11.8 Å². The van der Waals surface area contributed by atoms with Crippen LogP contribution >= 0.6 is 0 Å². The summed E-state index contributed by atoms with van der Waals surface area (Å²) in [6.07, 6.45) is 5.59. The Labute approximate surface area is 204 Å². The fraction of sp³-hybridized carbons (Fsp3) is 0.333. The Balaban J connectivity index is 1.55. The van der Waals surface area contributed by atoms with E-state index in [-0.39, 0.29) is 17.7 Å². The van der Waals surface area contributed by atoms with Gasteiger partial charge in [-0.05, 0) is 36.1 Å². The number of fused-ring (bicyclic) bond motifs is 1. The Morgan fingerprint density at radius 3 is 2.32 bits per heavy atom. The van der Waals surface area contributed by atoms with E-state index in [2.05, 4.69) is 79.4 Å². The van der Waals surface area contributed by atoms with E-state index in [1.807, 2.05) is 36.4 Å². The number of rotatable bonds is 10. The molecule has 0 aromatic heterocycles. The summed E-state index contributed by atoms with van der Waals surface area (Å²) in [5, 5.41) is 0. The van der Waals surface area contributed by atoms with Crippen LogP contribution in [0.1, 0.15) is 43.9 Å². The highest BCUT2D eigenvalue weighted by Gasteiger charge is 2.40. The van der Waals surface area contributed by atoms with Crippen molar-refractivity contribution in [2.24, 2.45) is 11.1 Å². The van der Waals surface area contributed by atoms with Crippen LogP contribution in [0.15, 0.2) is 91.0 Å². The zero-order valence-corrected chi connectivity index (χ0v) is 20.3. The first kappa shape index (κ1) is 24.1. The van der Waals surface area contributed by atoms with Gasteiger partial charge in [0.25, 0.3) is 0 Å². The Bertz CT molecular complexity index is 1050. The van der Waals surface area contributed by atoms with Gasteiger partial charge in [-0.1, -0.05) is 98.8 Å². The van der Waals surface area contributed by atoms with Crippen molar-refractivity contribution in [3.05, 3.63) is 102 Å². The second-order valence-corrected chi connectivity index (χ2v) is 8.97. The van der Waals surface area contributed by atoms with Crippen molar-refractivity contribution in [3.63, 3.8) is 0 Å². The minimum atomic E-state index is -0.380. The van der Waals surface area contributed by atoms with Crippen LogP contribution in [0.4, 0.5) is 5.69 Å². The summed E-state index contributed by atoms with van der Waals surface area (Å²) in [6.45, 7) is 6.33. The summed E-state index contributed by atoms with van der Waals surface area (Å²) in [6, 6.07) is 29.3. The topological polar surface area (TPSA) is 47.7 Å². The second-order valence-electron chi connectivity index (χ2n) is 8.97. The number of nitrogens with zero attached hydrogens (tertiary/aromatic N) is 1. The fourth-order valence-corrected chi connectivity index (χ4v) is 4.78. The van der Waals surface area contributed by atoms with Gasteiger partial charge in [0.1, 0.15) is 18.6 Å². The van der Waals surface area contributed by atoms with Crippen LogP contribution in [0.2, 0.25) is 0 Å². The lowest BCUT2D eigenvalue weighted by atomic mass is 9.79. The number of nitrogens with two attached hydrogens (primary N) is 1. The summed E-state index contributed by atoms with van der Waals surface area (Å²) in [4.78, 5) is 2.48. The second kappa shape index (κ2) is 11.4. The number of ether oxygens (including phenoxy) is 2. The quantitative estimate of drug-likeness (QED) is 0.356. The largest absolute Gasteiger partial charge is 0.489 e. The van der Waals surface area contributed by atoms with Gasteiger partial charge in [-0.25, -0.2) is 0 Å². The number of hydrogen-bond donors (Lipinski definition) is 1. The van der Waals surface area contributed by atoms with Gasteiger partial charge in [0.15, 0.2) is 0 Å². The zero-order valence-electron chi connectivity index (χ0n) is 20.3. The van der Waals surface area contributed by atoms with Gasteiger partial charge in [-0.15, -0.1) is 0 Å². The van der Waals surface area contributed by atoms with Gasteiger partial charge in [0.05, 0.1) is 18.3 Å². The molecule has 3 aromatic carbocycles. The summed E-state index contributed by atoms with van der Waals surface area (Å²) < 4.78 is 12.4. The van der Waals surface area contributed by atoms with Crippen LogP contribution in [-0.2, 0) is 4.74 Å². The number of para-hydroxylation sites is 2. The van der Waals surface area contributed by atoms with Crippen LogP contribution in [0.25, 0.3) is 6.08 Å². The number of hydrogen-bond acceptors (Lipinski definition) is 4. The average molecular weight is 457 g/mol. The molecule has 0 amide bonds. The molecule has 2 unspecified atom stereocenters. The summed E-state index contributed by atoms with van der Waals surface area (Å²) in [7, 11) is 0. The predicted octanol–water partition coefficient (Wildman–Crippen LogP) is 6.45. The molecule has 0 aliphatic carbocycles. The highest BCUT2D eigenvalue weighted by molar-refractivity contribution is 5.61. The molecule has 4 nitrogen and oxygen atoms in total. The molecular formula is C30H36N2O2. The highest BCUT2D eigenvalue weighted by atomic mass is 16.5. The van der Waals surface area contributed by atoms with E-state index in [1.54, 1.807) is 0 Å². The molecule has 1 aliphatic rings. The van der Waals surface area contributed by atoms with Gasteiger partial charge >= 0.3 is 0 Å². The van der Waals surface area contributed by atoms with Crippen LogP contribution < -0.4 is 15.4 Å². The SMILES string of the molecule is CCC(CC)(CN1c2ccccc2OCC1c1ccccc1)C(N)OCC=Cc1ccccc1. The molecule has 1 heterocycles. The lowest BCUT2D eigenvalue weighted by Gasteiger charge is -2.46. The Hall–Kier alpha value is -3.08. The molecule has 4 heteroatoms. The van der Waals surface area contributed by atoms with Gasteiger partial charge in [-0.2, -0.15) is 0 Å². The van der Waals surface area contributed by atoms with E-state index in [0.717, 1.165) is 36.4 Å². The van der Waals surface area contributed by atoms with Crippen molar-refractivity contribution < 1.29 is 9.47 Å². The minimum absolute atomic E-state index is 0.124. The minimum Gasteiger partial charge on any atom is -0.489 e. The molecule has 34 heavy (non-hydrogen) atoms. The van der Waals surface area contributed by atoms with Crippen LogP contribution in [0.5, 0.6) is 5.75 Å². The Morgan fingerprint density at radius 2 is 1.62 bits per heavy atom. The molecule has 2 atom stereocenters. The summed E-state index contributed by atoms with van der Waals surface area (Å²) in [5.74, 6) is 0.927. The molecule has 0 spiro atoms. The summed E-state index contributed by atoms with van der Waals surface area (Å²) >= 11 is 0. The van der Waals surface area contributed by atoms with Crippen LogP contribution in [-0.4, -0.2) is 26.0 Å². The fourth-order valence-electron chi connectivity index (χ4n) is 4.78. The maximum Gasteiger partial charge on any atom is 0.142 e. The van der Waals surface area contributed by atoms with E-state index in [0.29, 0.717) is 13.2 Å². The molecule has 178 valence electrons. The van der Waals surface area contributed by atoms with E-state index < -0.39 is 0 Å². The molecule has 0 radical (unpaired) electrons. The third-order valence-corrected chi connectivity index (χ3v) is 7.11. The Kier molecular flexibility index (Phi) is 8.04. The molecule has 0 bridgehead atoms. The molecule has 0 saturated heterocycles. The lowest BCUT2D eigenvalue weighted by molar-refractivity contribution is -0.0284. The third kappa shape index (κ3) is 5.35. The third-order valence-electron chi connectivity index (χ3n) is 7.11. The monoisotopic (exact) mass is 456 g/mol. The Morgan fingerprint density at radius 1 is 0.971 bits per heavy atom. The molecule has 0 fully saturated rings. The van der Waals surface area contributed by atoms with Gasteiger partial charge in [0, 0.05) is 12.0 Å². The zero-order chi connectivity index (χ0) is 23.8. The van der Waals surface area contributed by atoms with E-state index in [1.165, 1.54) is 5.56 Å². The lowest BCUT2D eigenvalue weighted by Crippen LogP contribution is -2.52. The van der Waals surface area contributed by atoms with E-state index in [4.69, 9.17) is 15.2 Å². The smallest absolute Gasteiger partial charge is 0.142 e. The van der Waals surface area contributed by atoms with Crippen LogP contribution in [0, 0.1) is 5.41 Å². The number of benzene rings is 3. The first-order chi connectivity index (χ1) is 16.7. The van der Waals surface area contributed by atoms with Crippen molar-refractivity contribution in [1.29, 1.82) is 0 Å². The van der Waals surface area contributed by atoms with Crippen molar-refractivity contribution in [2.75, 3.05) is 24.7 Å². The van der Waals surface area contributed by atoms with Crippen molar-refractivity contribution in [1.82, 2.24) is 0 Å². The normalized spacial score (nSPS) is 16.8. The molecule has 0 saturated carbocycles. The molecule has 1 aliphatic heterocycles. The summed E-state index contributed by atoms with van der Waals surface area (Å²) in [5.41, 5.74) is 10.1. The van der Waals surface area contributed by atoms with Gasteiger partial charge in [0.2, 0.25) is 0 Å². The van der Waals surface area contributed by atoms with Gasteiger partial charge in [-0.3, -0.25) is 0 Å². The van der Waals surface area contributed by atoms with E-state index >= 15 is 0 Å². The first-order valence-corrected chi connectivity index (χ1v) is 12.3. The molecule has 3 aromatic rings. The standard InChI is InChI=1S/C30H36N2O2/c1-3-30(4-2,29(31)33-21-13-16-24-14-7-5-8-15-24)23-32-26-19-11-12-20-28(26)34-22-27(32)25-17-9-6-10-18-25/h5-20,27,29H,3-4,21-23,31H2,1-2H3. The molecular weight excluding hydrogens is 420 g/mol. The van der Waals surface area contributed by atoms with Gasteiger partial charge < -0.3 is 20.1 Å². The maximum absolute atomic E-state index is 6.76. The first-order valence-electron chi connectivity index (χ1n) is 12.3. The molecule has 2 N–H and O–H groups in total. The van der Waals surface area contributed by atoms with E-state index in [9.17, 15) is 0 Å². The maximum atomic E-state index is 6.76.